The van der Waals surface area contributed by atoms with Gasteiger partial charge in [0.05, 0.1) is 11.1 Å². The summed E-state index contributed by atoms with van der Waals surface area (Å²) in [6, 6.07) is 12.2. The molecule has 4 aromatic heterocycles. The summed E-state index contributed by atoms with van der Waals surface area (Å²) in [5, 5.41) is 14.8. The van der Waals surface area contributed by atoms with Crippen LogP contribution in [0.15, 0.2) is 65.7 Å². The van der Waals surface area contributed by atoms with Gasteiger partial charge in [0, 0.05) is 35.1 Å². The van der Waals surface area contributed by atoms with Crippen molar-refractivity contribution in [2.75, 3.05) is 16.4 Å². The van der Waals surface area contributed by atoms with Gasteiger partial charge in [-0.3, -0.25) is 10.3 Å². The van der Waals surface area contributed by atoms with Gasteiger partial charge in [-0.2, -0.15) is 5.10 Å². The van der Waals surface area contributed by atoms with Gasteiger partial charge >= 0.3 is 6.03 Å². The Labute approximate surface area is 200 Å². The predicted octanol–water partition coefficient (Wildman–Crippen LogP) is 4.39. The average Bonchev–Trinajstić information content (AvgIpc) is 3.46. The second-order valence-corrected chi connectivity index (χ2v) is 8.91. The summed E-state index contributed by atoms with van der Waals surface area (Å²) in [5.74, 6) is 1.36. The van der Waals surface area contributed by atoms with E-state index >= 15 is 0 Å². The zero-order valence-corrected chi connectivity index (χ0v) is 19.4. The third-order valence-corrected chi connectivity index (χ3v) is 5.31. The van der Waals surface area contributed by atoms with Crippen LogP contribution in [0.4, 0.5) is 22.1 Å². The number of carbonyl (C=O) groups excluding carboxylic acids is 1. The molecule has 0 fully saturated rings. The fourth-order valence-electron chi connectivity index (χ4n) is 3.52. The number of nitrogens with one attached hydrogen (secondary N) is 2. The number of hydrogen-bond acceptors (Lipinski definition) is 8. The molecule has 0 bridgehead atoms. The minimum atomic E-state index is -0.434. The van der Waals surface area contributed by atoms with Gasteiger partial charge in [0.15, 0.2) is 11.5 Å². The number of aromatic nitrogens is 6. The molecule has 11 nitrogen and oxygen atoms in total. The van der Waals surface area contributed by atoms with Crippen LogP contribution < -0.4 is 16.4 Å². The van der Waals surface area contributed by atoms with E-state index < -0.39 is 6.03 Å². The van der Waals surface area contributed by atoms with Gasteiger partial charge in [0.25, 0.3) is 0 Å². The highest BCUT2D eigenvalue weighted by Gasteiger charge is 2.21. The Bertz CT molecular complexity index is 1500. The van der Waals surface area contributed by atoms with Gasteiger partial charge < -0.3 is 15.6 Å². The van der Waals surface area contributed by atoms with Gasteiger partial charge in [0.1, 0.15) is 23.6 Å². The number of hydrogen-bond donors (Lipinski definition) is 3. The van der Waals surface area contributed by atoms with Gasteiger partial charge in [-0.15, -0.1) is 0 Å². The van der Waals surface area contributed by atoms with Gasteiger partial charge in [-0.05, 0) is 36.4 Å². The van der Waals surface area contributed by atoms with E-state index in [0.29, 0.717) is 39.8 Å². The molecular formula is C24H23N9O2. The summed E-state index contributed by atoms with van der Waals surface area (Å²) in [7, 11) is 0. The van der Waals surface area contributed by atoms with Crippen LogP contribution in [0, 0.1) is 0 Å². The third-order valence-electron chi connectivity index (χ3n) is 5.31. The van der Waals surface area contributed by atoms with E-state index in [1.165, 1.54) is 6.33 Å². The predicted molar refractivity (Wildman–Crippen MR) is 132 cm³/mol. The molecule has 5 rings (SSSR count). The van der Waals surface area contributed by atoms with Gasteiger partial charge in [-0.25, -0.2) is 19.4 Å². The molecule has 2 amide bonds. The van der Waals surface area contributed by atoms with Gasteiger partial charge in [-0.1, -0.05) is 25.9 Å². The molecular weight excluding hydrogens is 446 g/mol. The van der Waals surface area contributed by atoms with Crippen LogP contribution in [-0.2, 0) is 5.41 Å². The van der Waals surface area contributed by atoms with Crippen molar-refractivity contribution in [1.82, 2.24) is 29.9 Å². The maximum atomic E-state index is 12.4. The lowest BCUT2D eigenvalue weighted by atomic mass is 9.93. The first-order chi connectivity index (χ1) is 16.8. The molecule has 0 atom stereocenters. The third kappa shape index (κ3) is 4.38. The quantitative estimate of drug-likeness (QED) is 0.351. The summed E-state index contributed by atoms with van der Waals surface area (Å²) >= 11 is 0. The van der Waals surface area contributed by atoms with E-state index in [-0.39, 0.29) is 5.41 Å². The first-order valence-corrected chi connectivity index (χ1v) is 10.8. The van der Waals surface area contributed by atoms with E-state index in [1.54, 1.807) is 35.3 Å². The Hall–Kier alpha value is -4.80. The summed E-state index contributed by atoms with van der Waals surface area (Å²) in [5.41, 5.74) is 9.37. The maximum Gasteiger partial charge on any atom is 0.324 e. The van der Waals surface area contributed by atoms with Crippen molar-refractivity contribution in [3.63, 3.8) is 0 Å². The first kappa shape index (κ1) is 22.0. The molecule has 0 spiro atoms. The second kappa shape index (κ2) is 8.52. The minimum absolute atomic E-state index is 0.206. The molecule has 5 aromatic rings. The van der Waals surface area contributed by atoms with Crippen molar-refractivity contribution in [2.24, 2.45) is 0 Å². The van der Waals surface area contributed by atoms with E-state index in [2.05, 4.69) is 30.7 Å². The zero-order chi connectivity index (χ0) is 24.6. The highest BCUT2D eigenvalue weighted by Crippen LogP contribution is 2.31. The van der Waals surface area contributed by atoms with Crippen LogP contribution in [0.3, 0.4) is 0 Å². The summed E-state index contributed by atoms with van der Waals surface area (Å²) in [6.07, 6.45) is 4.78. The zero-order valence-electron chi connectivity index (χ0n) is 19.4. The fraction of sp³-hybridized carbons (Fsp3) is 0.167. The van der Waals surface area contributed by atoms with Crippen molar-refractivity contribution in [3.8, 4) is 16.9 Å². The molecule has 11 heteroatoms. The lowest BCUT2D eigenvalue weighted by molar-refractivity contribution is 0.262. The molecule has 0 radical (unpaired) electrons. The largest absolute Gasteiger partial charge is 0.383 e. The molecule has 0 aliphatic carbocycles. The lowest BCUT2D eigenvalue weighted by Crippen LogP contribution is -2.19. The number of pyridine rings is 1. The number of amides is 2. The van der Waals surface area contributed by atoms with E-state index in [0.717, 1.165) is 11.3 Å². The van der Waals surface area contributed by atoms with Crippen molar-refractivity contribution >= 4 is 34.4 Å². The summed E-state index contributed by atoms with van der Waals surface area (Å²) in [6.45, 7) is 6.01. The van der Waals surface area contributed by atoms with Gasteiger partial charge in [0.2, 0.25) is 0 Å². The van der Waals surface area contributed by atoms with Crippen molar-refractivity contribution in [2.45, 2.75) is 26.2 Å². The Balaban J connectivity index is 1.38. The van der Waals surface area contributed by atoms with Crippen LogP contribution in [0.25, 0.3) is 28.0 Å². The standard InChI is InChI=1S/C24H23N9O2/c1-24(2,3)17-12-18(32-35-17)30-23(34)29-15-4-6-16(7-5-15)33-22-19(21(25)27-13-28-22)20(31-33)14-8-10-26-11-9-14/h4-13H,1-3H3,(H2,25,27,28)(H2,29,30,32,34). The van der Waals surface area contributed by atoms with Crippen LogP contribution in [-0.4, -0.2) is 35.9 Å². The smallest absolute Gasteiger partial charge is 0.324 e. The van der Waals surface area contributed by atoms with E-state index in [4.69, 9.17) is 15.4 Å². The van der Waals surface area contributed by atoms with E-state index in [1.807, 2.05) is 45.0 Å². The molecule has 4 N–H and O–H groups in total. The van der Waals surface area contributed by atoms with Crippen molar-refractivity contribution < 1.29 is 9.32 Å². The highest BCUT2D eigenvalue weighted by atomic mass is 16.5. The normalized spacial score (nSPS) is 11.5. The summed E-state index contributed by atoms with van der Waals surface area (Å²) in [4.78, 5) is 25.0. The lowest BCUT2D eigenvalue weighted by Gasteiger charge is -2.12. The Morgan fingerprint density at radius 3 is 2.46 bits per heavy atom. The summed E-state index contributed by atoms with van der Waals surface area (Å²) < 4.78 is 6.99. The number of nitrogens with two attached hydrogens (primary N) is 1. The molecule has 0 saturated carbocycles. The molecule has 0 unspecified atom stereocenters. The molecule has 4 heterocycles. The van der Waals surface area contributed by atoms with Crippen LogP contribution in [0.2, 0.25) is 0 Å². The Morgan fingerprint density at radius 2 is 1.77 bits per heavy atom. The molecule has 176 valence electrons. The monoisotopic (exact) mass is 469 g/mol. The number of carbonyl (C=O) groups is 1. The topological polar surface area (TPSA) is 150 Å². The van der Waals surface area contributed by atoms with E-state index in [9.17, 15) is 4.79 Å². The molecule has 0 saturated heterocycles. The maximum absolute atomic E-state index is 12.4. The van der Waals surface area contributed by atoms with Crippen molar-refractivity contribution in [3.05, 3.63) is 66.9 Å². The molecule has 0 aliphatic heterocycles. The number of nitrogen functional groups attached to an aromatic ring is 1. The Kier molecular flexibility index (Phi) is 5.36. The second-order valence-electron chi connectivity index (χ2n) is 8.91. The van der Waals surface area contributed by atoms with Crippen LogP contribution in [0.1, 0.15) is 26.5 Å². The molecule has 1 aromatic carbocycles. The van der Waals surface area contributed by atoms with Crippen LogP contribution >= 0.6 is 0 Å². The SMILES string of the molecule is CC(C)(C)c1cc(NC(=O)Nc2ccc(-n3nc(-c4ccncc4)c4c(N)ncnc43)cc2)no1. The molecule has 0 aliphatic rings. The first-order valence-electron chi connectivity index (χ1n) is 10.8. The number of nitrogens with zero attached hydrogens (tertiary/aromatic N) is 6. The number of fused-ring (bicyclic) bond motifs is 1. The Morgan fingerprint density at radius 1 is 1.03 bits per heavy atom. The number of benzene rings is 1. The van der Waals surface area contributed by atoms with Crippen molar-refractivity contribution in [1.29, 1.82) is 0 Å². The minimum Gasteiger partial charge on any atom is -0.383 e. The number of anilines is 3. The van der Waals surface area contributed by atoms with Crippen LogP contribution in [0.5, 0.6) is 0 Å². The fourth-order valence-corrected chi connectivity index (χ4v) is 3.52. The average molecular weight is 470 g/mol. The molecule has 35 heavy (non-hydrogen) atoms. The number of urea groups is 1. The highest BCUT2D eigenvalue weighted by molar-refractivity contribution is 6.00. The number of rotatable bonds is 4.